The minimum Gasteiger partial charge on any atom is -0.422 e. The highest BCUT2D eigenvalue weighted by Gasteiger charge is 2.64. The number of alkyl halides is 5. The Morgan fingerprint density at radius 2 is 1.46 bits per heavy atom. The average molecular weight is 718 g/mol. The standard InChI is InChI=1S/C34H45F5N4O7/c1-19(2)25(27(50-31(47)21(5)6)33(35,36)34(37,38)39)41-32(48)43(16-8-9-22(43)7)30(46)26(20(3)4)40-28(44)23-10-12-24(13-11-23)29(45)42-14-17-49-18-15-42/h10-13,19-22,26H,8-9,14-18H2,1-7H3,(H-,40,41,44,48)/p+1/t22-,26+,43?/m1/s1. The number of nitrogens with one attached hydrogen (secondary N) is 2. The third-order valence-electron chi connectivity index (χ3n) is 8.93. The van der Waals surface area contributed by atoms with Crippen molar-refractivity contribution in [3.63, 3.8) is 0 Å². The third kappa shape index (κ3) is 8.50. The Labute approximate surface area is 288 Å². The number of nitrogens with zero attached hydrogens (tertiary/aromatic N) is 2. The molecule has 0 aromatic heterocycles. The summed E-state index contributed by atoms with van der Waals surface area (Å²) in [7, 11) is 0. The van der Waals surface area contributed by atoms with Crippen LogP contribution in [-0.2, 0) is 19.1 Å². The Kier molecular flexibility index (Phi) is 12.9. The maximum absolute atomic E-state index is 14.9. The molecule has 1 aromatic carbocycles. The van der Waals surface area contributed by atoms with Crippen molar-refractivity contribution in [2.45, 2.75) is 85.5 Å². The van der Waals surface area contributed by atoms with Crippen LogP contribution in [0.1, 0.15) is 82.0 Å². The van der Waals surface area contributed by atoms with Crippen LogP contribution in [0.25, 0.3) is 0 Å². The van der Waals surface area contributed by atoms with Gasteiger partial charge in [-0.05, 0) is 43.0 Å². The van der Waals surface area contributed by atoms with Crippen LogP contribution in [0.15, 0.2) is 35.7 Å². The highest BCUT2D eigenvalue weighted by Crippen LogP contribution is 2.44. The molecule has 0 aliphatic carbocycles. The number of urea groups is 1. The lowest BCUT2D eigenvalue weighted by Crippen LogP contribution is -2.68. The summed E-state index contributed by atoms with van der Waals surface area (Å²) in [6.07, 6.45) is -5.54. The van der Waals surface area contributed by atoms with E-state index in [4.69, 9.17) is 4.74 Å². The van der Waals surface area contributed by atoms with Crippen molar-refractivity contribution in [1.82, 2.24) is 15.5 Å². The molecule has 5 amide bonds. The number of imide groups is 1. The fraction of sp³-hybridized carbons (Fsp3) is 0.618. The van der Waals surface area contributed by atoms with Gasteiger partial charge in [0, 0.05) is 37.1 Å². The normalized spacial score (nSPS) is 21.2. The molecule has 0 spiro atoms. The van der Waals surface area contributed by atoms with Gasteiger partial charge in [-0.25, -0.2) is 9.59 Å². The zero-order chi connectivity index (χ0) is 37.8. The van der Waals surface area contributed by atoms with E-state index in [1.165, 1.54) is 52.0 Å². The summed E-state index contributed by atoms with van der Waals surface area (Å²) in [5, 5.41) is 4.79. The number of rotatable bonds is 10. The molecule has 3 rings (SSSR count). The summed E-state index contributed by atoms with van der Waals surface area (Å²) in [6, 6.07) is 2.52. The number of benzene rings is 1. The number of amides is 5. The van der Waals surface area contributed by atoms with Gasteiger partial charge in [0.25, 0.3) is 11.8 Å². The monoisotopic (exact) mass is 717 g/mol. The summed E-state index contributed by atoms with van der Waals surface area (Å²) >= 11 is 0. The van der Waals surface area contributed by atoms with E-state index < -0.39 is 81.7 Å². The minimum atomic E-state index is -6.19. The van der Waals surface area contributed by atoms with Crippen LogP contribution in [0.4, 0.5) is 26.7 Å². The highest BCUT2D eigenvalue weighted by molar-refractivity contribution is 6.00. The number of hydrogen-bond acceptors (Lipinski definition) is 7. The van der Waals surface area contributed by atoms with Crippen LogP contribution in [0.2, 0.25) is 0 Å². The lowest BCUT2D eigenvalue weighted by molar-refractivity contribution is -0.785. The Morgan fingerprint density at radius 1 is 0.900 bits per heavy atom. The van der Waals surface area contributed by atoms with E-state index in [0.29, 0.717) is 44.7 Å². The number of likely N-dealkylation sites (tertiary alicyclic amines) is 1. The highest BCUT2D eigenvalue weighted by atomic mass is 19.4. The smallest absolute Gasteiger partial charge is 0.422 e. The van der Waals surface area contributed by atoms with Crippen molar-refractivity contribution in [3.05, 3.63) is 46.8 Å². The van der Waals surface area contributed by atoms with Crippen LogP contribution in [-0.4, -0.2) is 96.1 Å². The van der Waals surface area contributed by atoms with Gasteiger partial charge in [0.05, 0.1) is 31.4 Å². The average Bonchev–Trinajstić information content (AvgIpc) is 3.45. The topological polar surface area (TPSA) is 131 Å². The fourth-order valence-corrected chi connectivity index (χ4v) is 5.82. The van der Waals surface area contributed by atoms with Gasteiger partial charge in [-0.2, -0.15) is 26.4 Å². The minimum absolute atomic E-state index is 0.114. The number of esters is 1. The summed E-state index contributed by atoms with van der Waals surface area (Å²) in [4.78, 5) is 68.7. The maximum atomic E-state index is 14.9. The predicted molar refractivity (Wildman–Crippen MR) is 170 cm³/mol. The van der Waals surface area contributed by atoms with Crippen molar-refractivity contribution < 1.29 is 59.9 Å². The molecule has 278 valence electrons. The maximum Gasteiger partial charge on any atom is 0.461 e. The van der Waals surface area contributed by atoms with Gasteiger partial charge >= 0.3 is 30.0 Å². The van der Waals surface area contributed by atoms with Gasteiger partial charge in [0.1, 0.15) is 12.1 Å². The Hall–Kier alpha value is -3.92. The van der Waals surface area contributed by atoms with Gasteiger partial charge in [-0.3, -0.25) is 19.7 Å². The molecule has 50 heavy (non-hydrogen) atoms. The SMILES string of the molecule is CC(C)C(=O)OC(=C(NC(=O)[N+]1(C(=O)[C@@H](NC(=O)c2ccc(C(=O)N3CCOCC3)cc2)C(C)C)CCC[C@H]1C)C(C)C)C(F)(F)C(F)(F)F. The summed E-state index contributed by atoms with van der Waals surface area (Å²) in [5.41, 5.74) is -0.549. The van der Waals surface area contributed by atoms with Gasteiger partial charge < -0.3 is 19.7 Å². The molecule has 0 radical (unpaired) electrons. The third-order valence-corrected chi connectivity index (χ3v) is 8.93. The zero-order valence-corrected chi connectivity index (χ0v) is 29.3. The van der Waals surface area contributed by atoms with Gasteiger partial charge in [0.15, 0.2) is 0 Å². The first-order valence-corrected chi connectivity index (χ1v) is 16.6. The molecule has 2 N–H and O–H groups in total. The molecular formula is C34H46F5N4O7+. The van der Waals surface area contributed by atoms with Crippen molar-refractivity contribution in [3.8, 4) is 0 Å². The number of allylic oxidation sites excluding steroid dienone is 2. The van der Waals surface area contributed by atoms with E-state index in [9.17, 15) is 45.9 Å². The van der Waals surface area contributed by atoms with E-state index in [2.05, 4.69) is 15.4 Å². The molecule has 2 saturated heterocycles. The molecule has 11 nitrogen and oxygen atoms in total. The number of hydrogen-bond donors (Lipinski definition) is 2. The molecule has 2 heterocycles. The molecule has 16 heteroatoms. The Morgan fingerprint density at radius 3 is 1.92 bits per heavy atom. The molecule has 3 atom stereocenters. The fourth-order valence-electron chi connectivity index (χ4n) is 5.82. The predicted octanol–water partition coefficient (Wildman–Crippen LogP) is 5.41. The Bertz CT molecular complexity index is 1470. The van der Waals surface area contributed by atoms with Crippen molar-refractivity contribution in [2.75, 3.05) is 32.8 Å². The van der Waals surface area contributed by atoms with E-state index >= 15 is 0 Å². The van der Waals surface area contributed by atoms with Crippen molar-refractivity contribution in [2.24, 2.45) is 17.8 Å². The quantitative estimate of drug-likeness (QED) is 0.143. The molecule has 0 saturated carbocycles. The zero-order valence-electron chi connectivity index (χ0n) is 29.3. The first-order valence-electron chi connectivity index (χ1n) is 16.6. The first kappa shape index (κ1) is 40.5. The van der Waals surface area contributed by atoms with Crippen molar-refractivity contribution >= 4 is 29.7 Å². The summed E-state index contributed by atoms with van der Waals surface area (Å²) in [6.45, 7) is 11.3. The Balaban J connectivity index is 1.98. The molecule has 0 bridgehead atoms. The number of carbonyl (C=O) groups is 5. The van der Waals surface area contributed by atoms with Crippen molar-refractivity contribution in [1.29, 1.82) is 0 Å². The first-order chi connectivity index (χ1) is 23.2. The molecule has 2 fully saturated rings. The van der Waals surface area contributed by atoms with Crippen LogP contribution in [0.3, 0.4) is 0 Å². The van der Waals surface area contributed by atoms with E-state index in [1.807, 2.05) is 0 Å². The van der Waals surface area contributed by atoms with Crippen LogP contribution >= 0.6 is 0 Å². The van der Waals surface area contributed by atoms with Gasteiger partial charge in [-0.15, -0.1) is 0 Å². The number of carbonyl (C=O) groups excluding carboxylic acids is 5. The summed E-state index contributed by atoms with van der Waals surface area (Å²) < 4.78 is 79.7. The molecule has 2 aliphatic heterocycles. The molecule has 1 unspecified atom stereocenters. The van der Waals surface area contributed by atoms with Gasteiger partial charge in [0.2, 0.25) is 5.76 Å². The van der Waals surface area contributed by atoms with E-state index in [-0.39, 0.29) is 18.0 Å². The van der Waals surface area contributed by atoms with Crippen LogP contribution in [0, 0.1) is 17.8 Å². The molecular weight excluding hydrogens is 671 g/mol. The lowest BCUT2D eigenvalue weighted by Gasteiger charge is -2.37. The lowest BCUT2D eigenvalue weighted by atomic mass is 9.99. The van der Waals surface area contributed by atoms with Crippen LogP contribution < -0.4 is 10.6 Å². The summed E-state index contributed by atoms with van der Waals surface area (Å²) in [5.74, 6) is -13.8. The number of halogens is 5. The number of ether oxygens (including phenoxy) is 2. The second kappa shape index (κ2) is 16.0. The number of quaternary nitrogens is 1. The number of morpholine rings is 1. The van der Waals surface area contributed by atoms with Crippen LogP contribution in [0.5, 0.6) is 0 Å². The molecule has 1 aromatic rings. The molecule has 2 aliphatic rings. The largest absolute Gasteiger partial charge is 0.461 e. The van der Waals surface area contributed by atoms with E-state index in [1.54, 1.807) is 25.7 Å². The second-order valence-electron chi connectivity index (χ2n) is 13.6. The second-order valence-corrected chi connectivity index (χ2v) is 13.6. The van der Waals surface area contributed by atoms with E-state index in [0.717, 1.165) is 0 Å². The van der Waals surface area contributed by atoms with Gasteiger partial charge in [-0.1, -0.05) is 41.5 Å².